The second-order valence-corrected chi connectivity index (χ2v) is 8.12. The fourth-order valence-corrected chi connectivity index (χ4v) is 4.04. The molecule has 0 bridgehead atoms. The molecule has 2 heterocycles. The molecule has 33 heavy (non-hydrogen) atoms. The first-order valence-electron chi connectivity index (χ1n) is 10.2. The zero-order chi connectivity index (χ0) is 23.2. The molecule has 168 valence electrons. The summed E-state index contributed by atoms with van der Waals surface area (Å²) in [6.07, 6.45) is 0.293. The Morgan fingerprint density at radius 3 is 2.70 bits per heavy atom. The quantitative estimate of drug-likeness (QED) is 0.262. The lowest BCUT2D eigenvalue weighted by atomic mass is 10.1. The number of hydrogen-bond acceptors (Lipinski definition) is 6. The van der Waals surface area contributed by atoms with Crippen LogP contribution >= 0.6 is 11.3 Å². The van der Waals surface area contributed by atoms with Crippen LogP contribution in [0.2, 0.25) is 0 Å². The molecule has 9 heteroatoms. The number of anilines is 3. The van der Waals surface area contributed by atoms with Gasteiger partial charge in [0.05, 0.1) is 29.1 Å². The molecule has 0 spiro atoms. The minimum absolute atomic E-state index is 0.289. The molecule has 0 aliphatic rings. The van der Waals surface area contributed by atoms with Gasteiger partial charge < -0.3 is 20.5 Å². The number of nitrogens with zero attached hydrogens (tertiary/aromatic N) is 1. The van der Waals surface area contributed by atoms with Gasteiger partial charge in [0, 0.05) is 35.8 Å². The summed E-state index contributed by atoms with van der Waals surface area (Å²) in [6, 6.07) is 16.6. The Morgan fingerprint density at radius 2 is 1.94 bits per heavy atom. The standard InChI is InChI=1S/C24H22N4O4S/c1-32-9-8-25-18-6-4-15-11-17(14-26-20(15)13-18)23(29)27-21-12-16(22-3-2-10-33-22)5-7-19(21)28-24(30)31/h2-7,10-14,25,28H,8-9H2,1H3,(H,27,29)(H,30,31). The van der Waals surface area contributed by atoms with Crippen molar-refractivity contribution in [3.05, 3.63) is 71.7 Å². The Labute approximate surface area is 194 Å². The lowest BCUT2D eigenvalue weighted by molar-refractivity contribution is 0.102. The van der Waals surface area contributed by atoms with E-state index in [4.69, 9.17) is 9.84 Å². The number of carbonyl (C=O) groups excluding carboxylic acids is 1. The van der Waals surface area contributed by atoms with Crippen LogP contribution in [0.15, 0.2) is 66.2 Å². The monoisotopic (exact) mass is 462 g/mol. The first-order valence-corrected chi connectivity index (χ1v) is 11.0. The van der Waals surface area contributed by atoms with Crippen molar-refractivity contribution in [2.24, 2.45) is 0 Å². The Balaban J connectivity index is 1.58. The van der Waals surface area contributed by atoms with Crippen LogP contribution in [-0.2, 0) is 4.74 Å². The molecule has 0 unspecified atom stereocenters. The smallest absolute Gasteiger partial charge is 0.409 e. The summed E-state index contributed by atoms with van der Waals surface area (Å²) in [5.41, 5.74) is 3.57. The van der Waals surface area contributed by atoms with Crippen molar-refractivity contribution in [2.45, 2.75) is 0 Å². The molecule has 0 fully saturated rings. The van der Waals surface area contributed by atoms with Crippen LogP contribution < -0.4 is 16.0 Å². The number of ether oxygens (including phenoxy) is 1. The highest BCUT2D eigenvalue weighted by Gasteiger charge is 2.14. The number of pyridine rings is 1. The van der Waals surface area contributed by atoms with Crippen molar-refractivity contribution in [3.63, 3.8) is 0 Å². The first kappa shape index (κ1) is 22.3. The molecule has 0 radical (unpaired) electrons. The second-order valence-electron chi connectivity index (χ2n) is 7.17. The second kappa shape index (κ2) is 10.1. The molecule has 2 aromatic carbocycles. The third-order valence-corrected chi connectivity index (χ3v) is 5.82. The van der Waals surface area contributed by atoms with Gasteiger partial charge in [0.15, 0.2) is 0 Å². The van der Waals surface area contributed by atoms with Crippen LogP contribution in [0.3, 0.4) is 0 Å². The molecule has 0 aliphatic heterocycles. The Morgan fingerprint density at radius 1 is 1.06 bits per heavy atom. The zero-order valence-electron chi connectivity index (χ0n) is 17.8. The van der Waals surface area contributed by atoms with E-state index in [9.17, 15) is 9.59 Å². The van der Waals surface area contributed by atoms with Gasteiger partial charge >= 0.3 is 6.09 Å². The predicted molar refractivity (Wildman–Crippen MR) is 131 cm³/mol. The third kappa shape index (κ3) is 5.46. The van der Waals surface area contributed by atoms with Crippen LogP contribution in [0.25, 0.3) is 21.3 Å². The average Bonchev–Trinajstić information content (AvgIpc) is 3.35. The molecular formula is C24H22N4O4S. The Hall–Kier alpha value is -3.95. The number of carbonyl (C=O) groups is 2. The number of fused-ring (bicyclic) bond motifs is 1. The molecular weight excluding hydrogens is 440 g/mol. The molecule has 8 nitrogen and oxygen atoms in total. The van der Waals surface area contributed by atoms with Gasteiger partial charge in [0.1, 0.15) is 0 Å². The van der Waals surface area contributed by atoms with Gasteiger partial charge in [-0.15, -0.1) is 11.3 Å². The van der Waals surface area contributed by atoms with Gasteiger partial charge in [-0.1, -0.05) is 18.2 Å². The number of aromatic nitrogens is 1. The highest BCUT2D eigenvalue weighted by Crippen LogP contribution is 2.32. The highest BCUT2D eigenvalue weighted by atomic mass is 32.1. The van der Waals surface area contributed by atoms with Crippen LogP contribution in [0.1, 0.15) is 10.4 Å². The van der Waals surface area contributed by atoms with E-state index in [1.54, 1.807) is 36.6 Å². The third-order valence-electron chi connectivity index (χ3n) is 4.90. The van der Waals surface area contributed by atoms with E-state index >= 15 is 0 Å². The van der Waals surface area contributed by atoms with Gasteiger partial charge in [-0.3, -0.25) is 15.1 Å². The van der Waals surface area contributed by atoms with Crippen molar-refractivity contribution in [2.75, 3.05) is 36.2 Å². The van der Waals surface area contributed by atoms with Gasteiger partial charge in [0.25, 0.3) is 5.91 Å². The number of hydrogen-bond donors (Lipinski definition) is 4. The van der Waals surface area contributed by atoms with Gasteiger partial charge in [-0.05, 0) is 47.3 Å². The summed E-state index contributed by atoms with van der Waals surface area (Å²) in [5.74, 6) is -0.386. The van der Waals surface area contributed by atoms with E-state index in [0.717, 1.165) is 27.0 Å². The molecule has 0 saturated carbocycles. The molecule has 0 aliphatic carbocycles. The number of carboxylic acid groups (broad SMARTS) is 1. The van der Waals surface area contributed by atoms with Gasteiger partial charge in [-0.2, -0.15) is 0 Å². The van der Waals surface area contributed by atoms with Crippen molar-refractivity contribution in [1.82, 2.24) is 4.98 Å². The topological polar surface area (TPSA) is 113 Å². The fourth-order valence-electron chi connectivity index (χ4n) is 3.32. The van der Waals surface area contributed by atoms with E-state index < -0.39 is 6.09 Å². The average molecular weight is 463 g/mol. The zero-order valence-corrected chi connectivity index (χ0v) is 18.6. The number of methoxy groups -OCH3 is 1. The van der Waals surface area contributed by atoms with E-state index in [-0.39, 0.29) is 11.6 Å². The van der Waals surface area contributed by atoms with Crippen LogP contribution in [0, 0.1) is 0 Å². The number of amides is 2. The van der Waals surface area contributed by atoms with E-state index in [1.165, 1.54) is 6.20 Å². The summed E-state index contributed by atoms with van der Waals surface area (Å²) in [6.45, 7) is 1.27. The lowest BCUT2D eigenvalue weighted by Gasteiger charge is -2.13. The molecule has 0 atom stereocenters. The number of nitrogens with one attached hydrogen (secondary N) is 3. The van der Waals surface area contributed by atoms with Crippen molar-refractivity contribution < 1.29 is 19.4 Å². The SMILES string of the molecule is COCCNc1ccc2cc(C(=O)Nc3cc(-c4cccs4)ccc3NC(=O)O)cnc2c1. The van der Waals surface area contributed by atoms with Crippen molar-refractivity contribution >= 4 is 51.3 Å². The lowest BCUT2D eigenvalue weighted by Crippen LogP contribution is -2.16. The summed E-state index contributed by atoms with van der Waals surface area (Å²) >= 11 is 1.56. The minimum Gasteiger partial charge on any atom is -0.465 e. The van der Waals surface area contributed by atoms with E-state index in [2.05, 4.69) is 20.9 Å². The Bertz CT molecular complexity index is 1290. The molecule has 4 aromatic rings. The predicted octanol–water partition coefficient (Wildman–Crippen LogP) is 5.36. The normalized spacial score (nSPS) is 10.7. The molecule has 2 aromatic heterocycles. The van der Waals surface area contributed by atoms with Crippen molar-refractivity contribution in [1.29, 1.82) is 0 Å². The minimum atomic E-state index is -1.21. The summed E-state index contributed by atoms with van der Waals surface area (Å²) in [4.78, 5) is 29.6. The molecule has 0 saturated heterocycles. The van der Waals surface area contributed by atoms with Crippen molar-refractivity contribution in [3.8, 4) is 10.4 Å². The van der Waals surface area contributed by atoms with Crippen LogP contribution in [-0.4, -0.2) is 42.4 Å². The summed E-state index contributed by atoms with van der Waals surface area (Å²) in [7, 11) is 1.65. The van der Waals surface area contributed by atoms with Gasteiger partial charge in [0.2, 0.25) is 0 Å². The highest BCUT2D eigenvalue weighted by molar-refractivity contribution is 7.13. The molecule has 4 N–H and O–H groups in total. The first-order chi connectivity index (χ1) is 16.0. The van der Waals surface area contributed by atoms with E-state index in [0.29, 0.717) is 24.4 Å². The maximum atomic E-state index is 13.0. The van der Waals surface area contributed by atoms with Crippen LogP contribution in [0.5, 0.6) is 0 Å². The summed E-state index contributed by atoms with van der Waals surface area (Å²) in [5, 5.41) is 20.3. The summed E-state index contributed by atoms with van der Waals surface area (Å²) < 4.78 is 5.04. The number of benzene rings is 2. The van der Waals surface area contributed by atoms with Gasteiger partial charge in [-0.25, -0.2) is 4.79 Å². The largest absolute Gasteiger partial charge is 0.465 e. The fraction of sp³-hybridized carbons (Fsp3) is 0.125. The molecule has 4 rings (SSSR count). The van der Waals surface area contributed by atoms with E-state index in [1.807, 2.05) is 41.8 Å². The maximum absolute atomic E-state index is 13.0. The molecule has 2 amide bonds. The number of thiophene rings is 1. The van der Waals surface area contributed by atoms with Crippen LogP contribution in [0.4, 0.5) is 21.9 Å². The number of rotatable bonds is 8. The maximum Gasteiger partial charge on any atom is 0.409 e. The Kier molecular flexibility index (Phi) is 6.82.